The zero-order valence-electron chi connectivity index (χ0n) is 8.19. The molecule has 1 aliphatic heterocycles. The van der Waals surface area contributed by atoms with Gasteiger partial charge in [-0.2, -0.15) is 0 Å². The Labute approximate surface area is 81.5 Å². The molecule has 0 aromatic heterocycles. The quantitative estimate of drug-likeness (QED) is 0.657. The number of hydrogen-bond acceptors (Lipinski definition) is 4. The molecule has 1 fully saturated rings. The van der Waals surface area contributed by atoms with E-state index in [1.54, 1.807) is 6.92 Å². The molecule has 1 heterocycles. The predicted octanol–water partition coefficient (Wildman–Crippen LogP) is -0.292. The van der Waals surface area contributed by atoms with Gasteiger partial charge in [0, 0.05) is 13.2 Å². The average molecular weight is 210 g/mol. The number of hydrogen-bond donors (Lipinski definition) is 2. The van der Waals surface area contributed by atoms with E-state index in [4.69, 9.17) is 20.9 Å². The van der Waals surface area contributed by atoms with Crippen molar-refractivity contribution in [1.29, 1.82) is 0 Å². The van der Waals surface area contributed by atoms with Crippen LogP contribution in [0.4, 0.5) is 8.78 Å². The minimum absolute atomic E-state index is 0.603. The molecule has 0 saturated carbocycles. The van der Waals surface area contributed by atoms with Crippen molar-refractivity contribution < 1.29 is 18.3 Å². The highest BCUT2D eigenvalue weighted by molar-refractivity contribution is 4.94. The maximum absolute atomic E-state index is 13.3. The van der Waals surface area contributed by atoms with Gasteiger partial charge in [0.2, 0.25) is 0 Å². The monoisotopic (exact) mass is 210 g/mol. The molecule has 0 aromatic carbocycles. The second kappa shape index (κ2) is 4.48. The fourth-order valence-corrected chi connectivity index (χ4v) is 1.49. The first-order valence-corrected chi connectivity index (χ1v) is 4.46. The maximum atomic E-state index is 13.3. The Balaban J connectivity index is 2.73. The highest BCUT2D eigenvalue weighted by Crippen LogP contribution is 2.26. The minimum atomic E-state index is -1.80. The van der Waals surface area contributed by atoms with Gasteiger partial charge in [-0.25, -0.2) is 8.78 Å². The van der Waals surface area contributed by atoms with E-state index in [2.05, 4.69) is 0 Å². The molecule has 14 heavy (non-hydrogen) atoms. The van der Waals surface area contributed by atoms with Crippen LogP contribution in [-0.4, -0.2) is 43.9 Å². The van der Waals surface area contributed by atoms with Crippen molar-refractivity contribution in [2.45, 2.75) is 43.7 Å². The van der Waals surface area contributed by atoms with Gasteiger partial charge in [-0.1, -0.05) is 0 Å². The molecule has 0 aliphatic carbocycles. The van der Waals surface area contributed by atoms with Crippen LogP contribution in [0.15, 0.2) is 0 Å². The van der Waals surface area contributed by atoms with E-state index in [-0.39, 0.29) is 0 Å². The Kier molecular flexibility index (Phi) is 3.77. The van der Waals surface area contributed by atoms with Crippen molar-refractivity contribution in [3.8, 4) is 0 Å². The van der Waals surface area contributed by atoms with Gasteiger partial charge in [0.05, 0.1) is 6.04 Å². The van der Waals surface area contributed by atoms with E-state index in [9.17, 15) is 8.78 Å². The molecule has 4 N–H and O–H groups in total. The summed E-state index contributed by atoms with van der Waals surface area (Å²) in [5, 5.41) is 0. The van der Waals surface area contributed by atoms with Crippen LogP contribution in [0, 0.1) is 0 Å². The highest BCUT2D eigenvalue weighted by atomic mass is 19.2. The Bertz CT molecular complexity index is 192. The van der Waals surface area contributed by atoms with Crippen molar-refractivity contribution in [2.75, 3.05) is 7.11 Å². The molecule has 0 radical (unpaired) electrons. The van der Waals surface area contributed by atoms with E-state index >= 15 is 0 Å². The third-order valence-electron chi connectivity index (χ3n) is 2.34. The SMILES string of the molecule is CO[C@H]1OC(C(C)N)C(F)C(F)[C@H]1N. The summed E-state index contributed by atoms with van der Waals surface area (Å²) in [5.74, 6) is 0. The fraction of sp³-hybridized carbons (Fsp3) is 1.00. The molecule has 1 aliphatic rings. The summed E-state index contributed by atoms with van der Waals surface area (Å²) in [5.41, 5.74) is 10.8. The largest absolute Gasteiger partial charge is 0.354 e. The highest BCUT2D eigenvalue weighted by Gasteiger charge is 2.46. The van der Waals surface area contributed by atoms with Crippen LogP contribution in [0.3, 0.4) is 0 Å². The second-order valence-corrected chi connectivity index (χ2v) is 3.53. The molecule has 1 rings (SSSR count). The van der Waals surface area contributed by atoms with Gasteiger partial charge in [-0.3, -0.25) is 0 Å². The van der Waals surface area contributed by atoms with Gasteiger partial charge in [0.1, 0.15) is 6.10 Å². The van der Waals surface area contributed by atoms with Crippen LogP contribution in [0.5, 0.6) is 0 Å². The molecule has 0 spiro atoms. The van der Waals surface area contributed by atoms with Crippen molar-refractivity contribution >= 4 is 0 Å². The second-order valence-electron chi connectivity index (χ2n) is 3.53. The summed E-state index contributed by atoms with van der Waals surface area (Å²) in [4.78, 5) is 0. The third kappa shape index (κ3) is 2.03. The number of rotatable bonds is 2. The number of alkyl halides is 2. The molecular weight excluding hydrogens is 194 g/mol. The molecule has 6 heteroatoms. The molecule has 4 nitrogen and oxygen atoms in total. The van der Waals surface area contributed by atoms with Gasteiger partial charge in [-0.05, 0) is 6.92 Å². The number of nitrogens with two attached hydrogens (primary N) is 2. The lowest BCUT2D eigenvalue weighted by atomic mass is 9.96. The summed E-state index contributed by atoms with van der Waals surface area (Å²) < 4.78 is 36.5. The molecule has 1 saturated heterocycles. The van der Waals surface area contributed by atoms with Crippen LogP contribution in [0.25, 0.3) is 0 Å². The van der Waals surface area contributed by atoms with E-state index in [0.717, 1.165) is 0 Å². The predicted molar refractivity (Wildman–Crippen MR) is 47.1 cm³/mol. The van der Waals surface area contributed by atoms with Crippen molar-refractivity contribution in [1.82, 2.24) is 0 Å². The van der Waals surface area contributed by atoms with Crippen LogP contribution >= 0.6 is 0 Å². The van der Waals surface area contributed by atoms with Crippen molar-refractivity contribution in [3.63, 3.8) is 0 Å². The maximum Gasteiger partial charge on any atom is 0.175 e. The zero-order chi connectivity index (χ0) is 10.9. The van der Waals surface area contributed by atoms with Gasteiger partial charge >= 0.3 is 0 Å². The van der Waals surface area contributed by atoms with Gasteiger partial charge in [-0.15, -0.1) is 0 Å². The smallest absolute Gasteiger partial charge is 0.175 e. The molecule has 84 valence electrons. The molecule has 0 aromatic rings. The van der Waals surface area contributed by atoms with Crippen LogP contribution in [0.1, 0.15) is 6.92 Å². The molecular formula is C8H16F2N2O2. The number of ether oxygens (including phenoxy) is 2. The van der Waals surface area contributed by atoms with E-state index < -0.39 is 36.8 Å². The number of methoxy groups -OCH3 is 1. The number of halogens is 2. The Morgan fingerprint density at radius 3 is 2.36 bits per heavy atom. The van der Waals surface area contributed by atoms with Crippen LogP contribution in [0.2, 0.25) is 0 Å². The first-order chi connectivity index (χ1) is 6.49. The van der Waals surface area contributed by atoms with Gasteiger partial charge < -0.3 is 20.9 Å². The summed E-state index contributed by atoms with van der Waals surface area (Å²) in [6.07, 6.45) is -5.54. The first kappa shape index (κ1) is 11.8. The van der Waals surface area contributed by atoms with Crippen LogP contribution in [-0.2, 0) is 9.47 Å². The van der Waals surface area contributed by atoms with Gasteiger partial charge in [0.25, 0.3) is 0 Å². The normalized spacial score (nSPS) is 46.3. The van der Waals surface area contributed by atoms with E-state index in [1.807, 2.05) is 0 Å². The lowest BCUT2D eigenvalue weighted by Gasteiger charge is -2.39. The zero-order valence-corrected chi connectivity index (χ0v) is 8.19. The fourth-order valence-electron chi connectivity index (χ4n) is 1.49. The molecule has 6 atom stereocenters. The summed E-state index contributed by atoms with van der Waals surface area (Å²) in [6, 6.07) is -1.71. The molecule has 4 unspecified atom stereocenters. The van der Waals surface area contributed by atoms with E-state index in [0.29, 0.717) is 0 Å². The molecule has 0 bridgehead atoms. The lowest BCUT2D eigenvalue weighted by molar-refractivity contribution is -0.231. The van der Waals surface area contributed by atoms with E-state index in [1.165, 1.54) is 7.11 Å². The first-order valence-electron chi connectivity index (χ1n) is 4.46. The Hall–Kier alpha value is -0.300. The third-order valence-corrected chi connectivity index (χ3v) is 2.34. The van der Waals surface area contributed by atoms with Crippen molar-refractivity contribution in [3.05, 3.63) is 0 Å². The Morgan fingerprint density at radius 2 is 1.93 bits per heavy atom. The average Bonchev–Trinajstić information content (AvgIpc) is 2.14. The summed E-state index contributed by atoms with van der Waals surface area (Å²) in [7, 11) is 1.33. The summed E-state index contributed by atoms with van der Waals surface area (Å²) in [6.45, 7) is 1.55. The minimum Gasteiger partial charge on any atom is -0.354 e. The van der Waals surface area contributed by atoms with Gasteiger partial charge in [0.15, 0.2) is 18.6 Å². The lowest BCUT2D eigenvalue weighted by Crippen LogP contribution is -2.62. The Morgan fingerprint density at radius 1 is 1.36 bits per heavy atom. The van der Waals surface area contributed by atoms with Crippen LogP contribution < -0.4 is 11.5 Å². The topological polar surface area (TPSA) is 70.5 Å². The van der Waals surface area contributed by atoms with Crippen molar-refractivity contribution in [2.24, 2.45) is 11.5 Å². The standard InChI is InChI=1S/C8H16F2N2O2/c1-3(11)7-5(10)4(9)6(12)8(13-2)14-7/h3-8H,11-12H2,1-2H3/t3?,4?,5?,6-,7?,8+/m1/s1. The molecule has 0 amide bonds. The summed E-state index contributed by atoms with van der Waals surface area (Å²) >= 11 is 0.